The number of aromatic nitrogens is 2. The molecule has 0 aromatic carbocycles. The van der Waals surface area contributed by atoms with E-state index in [1.54, 1.807) is 13.0 Å². The number of nitrogens with two attached hydrogens (primary N) is 1. The van der Waals surface area contributed by atoms with Gasteiger partial charge in [-0.2, -0.15) is 0 Å². The molecule has 0 atom stereocenters. The Hall–Kier alpha value is -1.52. The van der Waals surface area contributed by atoms with Crippen molar-refractivity contribution in [3.63, 3.8) is 0 Å². The van der Waals surface area contributed by atoms with Crippen molar-refractivity contribution in [2.24, 2.45) is 0 Å². The number of nitrogens with zero attached hydrogens (tertiary/aromatic N) is 2. The van der Waals surface area contributed by atoms with Crippen LogP contribution in [0.1, 0.15) is 25.5 Å². The van der Waals surface area contributed by atoms with Crippen LogP contribution in [0.5, 0.6) is 5.88 Å². The van der Waals surface area contributed by atoms with E-state index in [4.69, 9.17) is 10.5 Å². The SMILES string of the molecule is CCCCOc1cc(C)[n+]([O-])c(N)n1. The van der Waals surface area contributed by atoms with E-state index in [0.717, 1.165) is 12.8 Å². The summed E-state index contributed by atoms with van der Waals surface area (Å²) in [6.07, 6.45) is 2.02. The molecule has 0 saturated heterocycles. The molecule has 0 radical (unpaired) electrons. The topological polar surface area (TPSA) is 75.1 Å². The van der Waals surface area contributed by atoms with Gasteiger partial charge < -0.3 is 9.94 Å². The van der Waals surface area contributed by atoms with Crippen LogP contribution < -0.4 is 15.2 Å². The highest BCUT2D eigenvalue weighted by atomic mass is 16.5. The van der Waals surface area contributed by atoms with Crippen LogP contribution >= 0.6 is 0 Å². The monoisotopic (exact) mass is 197 g/mol. The molecule has 0 spiro atoms. The number of hydrogen-bond donors (Lipinski definition) is 1. The number of rotatable bonds is 4. The Balaban J connectivity index is 2.69. The quantitative estimate of drug-likeness (QED) is 0.440. The standard InChI is InChI=1S/C9H15N3O2/c1-3-4-5-14-8-6-7(2)12(13)9(10)11-8/h6H,3-5H2,1-2H3,(H2,10,11). The first kappa shape index (κ1) is 10.6. The second-order valence-corrected chi connectivity index (χ2v) is 3.09. The summed E-state index contributed by atoms with van der Waals surface area (Å²) in [7, 11) is 0. The number of unbranched alkanes of at least 4 members (excludes halogenated alkanes) is 1. The Morgan fingerprint density at radius 2 is 2.36 bits per heavy atom. The predicted molar refractivity (Wildman–Crippen MR) is 52.7 cm³/mol. The largest absolute Gasteiger partial charge is 0.740 e. The zero-order valence-electron chi connectivity index (χ0n) is 8.49. The van der Waals surface area contributed by atoms with Crippen LogP contribution in [-0.2, 0) is 0 Å². The van der Waals surface area contributed by atoms with E-state index in [2.05, 4.69) is 11.9 Å². The fourth-order valence-electron chi connectivity index (χ4n) is 1.00. The molecule has 0 bridgehead atoms. The van der Waals surface area contributed by atoms with Gasteiger partial charge in [0.25, 0.3) is 5.88 Å². The van der Waals surface area contributed by atoms with Gasteiger partial charge in [-0.05, 0) is 18.3 Å². The molecule has 0 saturated carbocycles. The summed E-state index contributed by atoms with van der Waals surface area (Å²) in [4.78, 5) is 3.81. The number of hydrogen-bond acceptors (Lipinski definition) is 4. The molecule has 0 aliphatic heterocycles. The Labute approximate surface area is 83.1 Å². The summed E-state index contributed by atoms with van der Waals surface area (Å²) in [5, 5.41) is 11.1. The Morgan fingerprint density at radius 3 is 2.93 bits per heavy atom. The van der Waals surface area contributed by atoms with Gasteiger partial charge >= 0.3 is 5.95 Å². The highest BCUT2D eigenvalue weighted by Crippen LogP contribution is 2.08. The van der Waals surface area contributed by atoms with Crippen molar-refractivity contribution in [1.82, 2.24) is 4.98 Å². The van der Waals surface area contributed by atoms with Gasteiger partial charge in [-0.25, -0.2) is 4.73 Å². The van der Waals surface area contributed by atoms with Crippen LogP contribution in [0, 0.1) is 12.1 Å². The molecule has 1 heterocycles. The van der Waals surface area contributed by atoms with Gasteiger partial charge in [0.15, 0.2) is 0 Å². The second kappa shape index (κ2) is 4.64. The first-order chi connectivity index (χ1) is 6.65. The first-order valence-electron chi connectivity index (χ1n) is 4.64. The molecular formula is C9H15N3O2. The van der Waals surface area contributed by atoms with Gasteiger partial charge in [0.2, 0.25) is 0 Å². The molecule has 0 amide bonds. The first-order valence-corrected chi connectivity index (χ1v) is 4.64. The normalized spacial score (nSPS) is 10.1. The molecule has 1 aromatic heterocycles. The zero-order valence-corrected chi connectivity index (χ0v) is 8.49. The molecule has 0 aliphatic carbocycles. The molecule has 5 heteroatoms. The van der Waals surface area contributed by atoms with Crippen molar-refractivity contribution in [2.45, 2.75) is 26.7 Å². The lowest BCUT2D eigenvalue weighted by atomic mass is 10.4. The Bertz CT molecular complexity index is 292. The summed E-state index contributed by atoms with van der Waals surface area (Å²) in [5.74, 6) is 0.344. The highest BCUT2D eigenvalue weighted by Gasteiger charge is 2.08. The van der Waals surface area contributed by atoms with Gasteiger partial charge in [0.05, 0.1) is 18.4 Å². The highest BCUT2D eigenvalue weighted by molar-refractivity contribution is 5.19. The number of anilines is 1. The minimum Gasteiger partial charge on any atom is -0.740 e. The fraction of sp³-hybridized carbons (Fsp3) is 0.556. The minimum atomic E-state index is -0.0727. The smallest absolute Gasteiger partial charge is 0.393 e. The summed E-state index contributed by atoms with van der Waals surface area (Å²) in [6, 6.07) is 1.58. The number of aryl methyl sites for hydroxylation is 1. The average molecular weight is 197 g/mol. The molecule has 78 valence electrons. The minimum absolute atomic E-state index is 0.0727. The lowest BCUT2D eigenvalue weighted by Crippen LogP contribution is -2.35. The Morgan fingerprint density at radius 1 is 1.64 bits per heavy atom. The van der Waals surface area contributed by atoms with Crippen LogP contribution in [0.2, 0.25) is 0 Å². The van der Waals surface area contributed by atoms with Crippen molar-refractivity contribution in [1.29, 1.82) is 0 Å². The third kappa shape index (κ3) is 2.48. The summed E-state index contributed by atoms with van der Waals surface area (Å²) >= 11 is 0. The van der Waals surface area contributed by atoms with Crippen LogP contribution in [0.25, 0.3) is 0 Å². The zero-order chi connectivity index (χ0) is 10.6. The van der Waals surface area contributed by atoms with Crippen LogP contribution in [-0.4, -0.2) is 11.6 Å². The molecule has 5 nitrogen and oxygen atoms in total. The van der Waals surface area contributed by atoms with Crippen molar-refractivity contribution in [2.75, 3.05) is 12.3 Å². The molecule has 1 rings (SSSR count). The van der Waals surface area contributed by atoms with Gasteiger partial charge in [-0.3, -0.25) is 5.73 Å². The van der Waals surface area contributed by atoms with Crippen LogP contribution in [0.15, 0.2) is 6.07 Å². The van der Waals surface area contributed by atoms with Crippen molar-refractivity contribution < 1.29 is 9.47 Å². The van der Waals surface area contributed by atoms with E-state index < -0.39 is 0 Å². The Kier molecular flexibility index (Phi) is 3.50. The molecule has 2 N–H and O–H groups in total. The van der Waals surface area contributed by atoms with Crippen LogP contribution in [0.3, 0.4) is 0 Å². The maximum absolute atomic E-state index is 11.1. The summed E-state index contributed by atoms with van der Waals surface area (Å²) in [6.45, 7) is 4.34. The van der Waals surface area contributed by atoms with E-state index in [9.17, 15) is 5.21 Å². The summed E-state index contributed by atoms with van der Waals surface area (Å²) < 4.78 is 5.90. The van der Waals surface area contributed by atoms with Gasteiger partial charge in [-0.1, -0.05) is 13.3 Å². The van der Waals surface area contributed by atoms with E-state index in [-0.39, 0.29) is 5.95 Å². The average Bonchev–Trinajstić information content (AvgIpc) is 2.14. The van der Waals surface area contributed by atoms with Gasteiger partial charge in [0.1, 0.15) is 0 Å². The summed E-state index contributed by atoms with van der Waals surface area (Å²) in [5.41, 5.74) is 5.87. The van der Waals surface area contributed by atoms with E-state index in [0.29, 0.717) is 22.9 Å². The molecule has 0 fully saturated rings. The molecule has 14 heavy (non-hydrogen) atoms. The number of nitrogen functional groups attached to an aromatic ring is 1. The maximum Gasteiger partial charge on any atom is 0.393 e. The van der Waals surface area contributed by atoms with Gasteiger partial charge in [0, 0.05) is 0 Å². The molecule has 0 aliphatic rings. The van der Waals surface area contributed by atoms with Crippen molar-refractivity contribution >= 4 is 5.95 Å². The maximum atomic E-state index is 11.1. The lowest BCUT2D eigenvalue weighted by Gasteiger charge is -2.09. The van der Waals surface area contributed by atoms with E-state index in [1.165, 1.54) is 0 Å². The van der Waals surface area contributed by atoms with Crippen molar-refractivity contribution in [3.05, 3.63) is 17.0 Å². The molecule has 0 unspecified atom stereocenters. The van der Waals surface area contributed by atoms with E-state index in [1.807, 2.05) is 0 Å². The molecular weight excluding hydrogens is 182 g/mol. The molecule has 1 aromatic rings. The van der Waals surface area contributed by atoms with Gasteiger partial charge in [-0.15, -0.1) is 0 Å². The third-order valence-electron chi connectivity index (χ3n) is 1.83. The predicted octanol–water partition coefficient (Wildman–Crippen LogP) is 0.785. The lowest BCUT2D eigenvalue weighted by molar-refractivity contribution is -0.599. The fourth-order valence-corrected chi connectivity index (χ4v) is 1.00. The number of ether oxygens (including phenoxy) is 1. The van der Waals surface area contributed by atoms with E-state index >= 15 is 0 Å². The van der Waals surface area contributed by atoms with Crippen LogP contribution in [0.4, 0.5) is 5.95 Å². The van der Waals surface area contributed by atoms with Crippen molar-refractivity contribution in [3.8, 4) is 5.88 Å². The second-order valence-electron chi connectivity index (χ2n) is 3.09. The third-order valence-corrected chi connectivity index (χ3v) is 1.83.